The smallest absolute Gasteiger partial charge is 0.355 e. The maximum absolute atomic E-state index is 12.0. The van der Waals surface area contributed by atoms with E-state index >= 15 is 0 Å². The minimum absolute atomic E-state index is 0.149. The Balaban J connectivity index is 1.85. The van der Waals surface area contributed by atoms with Crippen LogP contribution >= 0.6 is 11.6 Å². The summed E-state index contributed by atoms with van der Waals surface area (Å²) < 4.78 is 6.46. The number of carbonyl (C=O) groups excluding carboxylic acids is 3. The standard InChI is InChI=1S/C17H17ClN2O4/c1-11(21)13-7-15(20(2)9-13)17(23)24-10-16(22)19-8-12-4-3-5-14(18)6-12/h3-7,9H,8,10H2,1-2H3,(H,19,22). The van der Waals surface area contributed by atoms with E-state index in [0.717, 1.165) is 5.56 Å². The molecule has 0 saturated heterocycles. The molecule has 126 valence electrons. The molecule has 1 aromatic carbocycles. The molecule has 1 heterocycles. The molecule has 2 rings (SSSR count). The van der Waals surface area contributed by atoms with Gasteiger partial charge in [0.1, 0.15) is 5.69 Å². The number of amides is 1. The number of Topliss-reactive ketones (excluding diaryl/α,β-unsaturated/α-hetero) is 1. The number of hydrogen-bond donors (Lipinski definition) is 1. The highest BCUT2D eigenvalue weighted by Gasteiger charge is 2.16. The fourth-order valence-electron chi connectivity index (χ4n) is 2.06. The molecule has 0 unspecified atom stereocenters. The summed E-state index contributed by atoms with van der Waals surface area (Å²) in [6.45, 7) is 1.29. The van der Waals surface area contributed by atoms with E-state index in [9.17, 15) is 14.4 Å². The Bertz CT molecular complexity index is 783. The highest BCUT2D eigenvalue weighted by atomic mass is 35.5. The van der Waals surface area contributed by atoms with Crippen molar-refractivity contribution in [3.05, 3.63) is 58.4 Å². The fourth-order valence-corrected chi connectivity index (χ4v) is 2.28. The first-order chi connectivity index (χ1) is 11.4. The van der Waals surface area contributed by atoms with Crippen LogP contribution in [-0.2, 0) is 23.1 Å². The van der Waals surface area contributed by atoms with Crippen LogP contribution in [0.4, 0.5) is 0 Å². The Morgan fingerprint density at radius 1 is 1.25 bits per heavy atom. The predicted molar refractivity (Wildman–Crippen MR) is 89.0 cm³/mol. The molecule has 0 bridgehead atoms. The molecular weight excluding hydrogens is 332 g/mol. The number of ether oxygens (including phenoxy) is 1. The van der Waals surface area contributed by atoms with Crippen LogP contribution < -0.4 is 5.32 Å². The van der Waals surface area contributed by atoms with Gasteiger partial charge in [-0.2, -0.15) is 0 Å². The van der Waals surface area contributed by atoms with Gasteiger partial charge < -0.3 is 14.6 Å². The van der Waals surface area contributed by atoms with E-state index in [2.05, 4.69) is 5.32 Å². The molecule has 1 N–H and O–H groups in total. The van der Waals surface area contributed by atoms with Crippen LogP contribution in [0, 0.1) is 0 Å². The molecule has 0 fully saturated rings. The van der Waals surface area contributed by atoms with Gasteiger partial charge in [-0.3, -0.25) is 9.59 Å². The van der Waals surface area contributed by atoms with Crippen molar-refractivity contribution in [2.75, 3.05) is 6.61 Å². The maximum atomic E-state index is 12.0. The van der Waals surface area contributed by atoms with E-state index in [1.54, 1.807) is 25.2 Å². The van der Waals surface area contributed by atoms with Gasteiger partial charge in [-0.05, 0) is 30.7 Å². The number of nitrogens with one attached hydrogen (secondary N) is 1. The molecule has 0 aliphatic rings. The van der Waals surface area contributed by atoms with Crippen molar-refractivity contribution in [3.8, 4) is 0 Å². The second-order valence-corrected chi connectivity index (χ2v) is 5.70. The molecule has 0 saturated carbocycles. The van der Waals surface area contributed by atoms with Crippen LogP contribution in [0.2, 0.25) is 5.02 Å². The van der Waals surface area contributed by atoms with Gasteiger partial charge in [-0.15, -0.1) is 0 Å². The molecule has 0 radical (unpaired) electrons. The summed E-state index contributed by atoms with van der Waals surface area (Å²) in [4.78, 5) is 35.0. The highest BCUT2D eigenvalue weighted by molar-refractivity contribution is 6.30. The fraction of sp³-hybridized carbons (Fsp3) is 0.235. The first-order valence-electron chi connectivity index (χ1n) is 7.22. The molecule has 1 amide bonds. The van der Waals surface area contributed by atoms with Gasteiger partial charge in [0, 0.05) is 30.4 Å². The predicted octanol–water partition coefficient (Wildman–Crippen LogP) is 2.35. The highest BCUT2D eigenvalue weighted by Crippen LogP contribution is 2.11. The topological polar surface area (TPSA) is 77.4 Å². The van der Waals surface area contributed by atoms with Crippen molar-refractivity contribution in [2.45, 2.75) is 13.5 Å². The van der Waals surface area contributed by atoms with Gasteiger partial charge in [0.15, 0.2) is 12.4 Å². The van der Waals surface area contributed by atoms with Crippen LogP contribution in [-0.4, -0.2) is 28.8 Å². The maximum Gasteiger partial charge on any atom is 0.355 e. The molecular formula is C17H17ClN2O4. The van der Waals surface area contributed by atoms with E-state index in [0.29, 0.717) is 10.6 Å². The minimum Gasteiger partial charge on any atom is -0.451 e. The number of nitrogens with zero attached hydrogens (tertiary/aromatic N) is 1. The Morgan fingerprint density at radius 2 is 2.00 bits per heavy atom. The summed E-state index contributed by atoms with van der Waals surface area (Å²) >= 11 is 5.86. The van der Waals surface area contributed by atoms with Crippen LogP contribution in [0.15, 0.2) is 36.5 Å². The van der Waals surface area contributed by atoms with Gasteiger partial charge in [-0.25, -0.2) is 4.79 Å². The van der Waals surface area contributed by atoms with E-state index in [1.165, 1.54) is 23.8 Å². The second-order valence-electron chi connectivity index (χ2n) is 5.26. The monoisotopic (exact) mass is 348 g/mol. The lowest BCUT2D eigenvalue weighted by Crippen LogP contribution is -2.28. The van der Waals surface area contributed by atoms with Crippen molar-refractivity contribution < 1.29 is 19.1 Å². The van der Waals surface area contributed by atoms with E-state index in [4.69, 9.17) is 16.3 Å². The average Bonchev–Trinajstić information content (AvgIpc) is 2.93. The van der Waals surface area contributed by atoms with Crippen molar-refractivity contribution in [1.82, 2.24) is 9.88 Å². The van der Waals surface area contributed by atoms with Crippen molar-refractivity contribution in [3.63, 3.8) is 0 Å². The molecule has 0 aliphatic carbocycles. The lowest BCUT2D eigenvalue weighted by molar-refractivity contribution is -0.124. The normalized spacial score (nSPS) is 10.3. The molecule has 7 heteroatoms. The number of halogens is 1. The molecule has 0 spiro atoms. The third-order valence-corrected chi connectivity index (χ3v) is 3.57. The van der Waals surface area contributed by atoms with Gasteiger partial charge in [0.2, 0.25) is 0 Å². The summed E-state index contributed by atoms with van der Waals surface area (Å²) in [7, 11) is 1.63. The van der Waals surface area contributed by atoms with Crippen LogP contribution in [0.3, 0.4) is 0 Å². The number of aryl methyl sites for hydroxylation is 1. The van der Waals surface area contributed by atoms with Gasteiger partial charge >= 0.3 is 5.97 Å². The number of benzene rings is 1. The molecule has 0 atom stereocenters. The van der Waals surface area contributed by atoms with Crippen LogP contribution in [0.5, 0.6) is 0 Å². The zero-order valence-electron chi connectivity index (χ0n) is 13.3. The summed E-state index contributed by atoms with van der Waals surface area (Å²) in [5, 5.41) is 3.22. The zero-order valence-corrected chi connectivity index (χ0v) is 14.1. The van der Waals surface area contributed by atoms with Crippen LogP contribution in [0.25, 0.3) is 0 Å². The van der Waals surface area contributed by atoms with Gasteiger partial charge in [0.25, 0.3) is 5.91 Å². The molecule has 6 nitrogen and oxygen atoms in total. The Kier molecular flexibility index (Phi) is 5.76. The van der Waals surface area contributed by atoms with E-state index in [-0.39, 0.29) is 18.0 Å². The number of aromatic nitrogens is 1. The largest absolute Gasteiger partial charge is 0.451 e. The minimum atomic E-state index is -0.664. The number of hydrogen-bond acceptors (Lipinski definition) is 4. The number of ketones is 1. The summed E-state index contributed by atoms with van der Waals surface area (Å²) in [6.07, 6.45) is 1.54. The van der Waals surface area contributed by atoms with E-state index < -0.39 is 18.5 Å². The first kappa shape index (κ1) is 17.7. The van der Waals surface area contributed by atoms with Crippen molar-refractivity contribution in [1.29, 1.82) is 0 Å². The SMILES string of the molecule is CC(=O)c1cc(C(=O)OCC(=O)NCc2cccc(Cl)c2)n(C)c1. The third kappa shape index (κ3) is 4.70. The molecule has 24 heavy (non-hydrogen) atoms. The van der Waals surface area contributed by atoms with Crippen LogP contribution in [0.1, 0.15) is 33.3 Å². The molecule has 2 aromatic rings. The zero-order chi connectivity index (χ0) is 17.7. The second kappa shape index (κ2) is 7.79. The Labute approximate surface area is 144 Å². The quantitative estimate of drug-likeness (QED) is 0.642. The Hall–Kier alpha value is -2.60. The van der Waals surface area contributed by atoms with Crippen molar-refractivity contribution in [2.24, 2.45) is 7.05 Å². The third-order valence-electron chi connectivity index (χ3n) is 3.33. The Morgan fingerprint density at radius 3 is 2.62 bits per heavy atom. The molecule has 0 aliphatic heterocycles. The number of esters is 1. The number of carbonyl (C=O) groups is 3. The number of rotatable bonds is 6. The van der Waals surface area contributed by atoms with Gasteiger partial charge in [-0.1, -0.05) is 23.7 Å². The van der Waals surface area contributed by atoms with Crippen molar-refractivity contribution >= 4 is 29.3 Å². The summed E-state index contributed by atoms with van der Waals surface area (Å²) in [6, 6.07) is 8.52. The summed E-state index contributed by atoms with van der Waals surface area (Å²) in [5.41, 5.74) is 1.47. The average molecular weight is 349 g/mol. The molecule has 1 aromatic heterocycles. The first-order valence-corrected chi connectivity index (χ1v) is 7.60. The summed E-state index contributed by atoms with van der Waals surface area (Å²) in [5.74, 6) is -1.24. The van der Waals surface area contributed by atoms with E-state index in [1.807, 2.05) is 6.07 Å². The van der Waals surface area contributed by atoms with Gasteiger partial charge in [0.05, 0.1) is 0 Å². The lowest BCUT2D eigenvalue weighted by Gasteiger charge is -2.07. The lowest BCUT2D eigenvalue weighted by atomic mass is 10.2.